The van der Waals surface area contributed by atoms with Gasteiger partial charge in [-0.15, -0.1) is 0 Å². The first-order valence-corrected chi connectivity index (χ1v) is 10.6. The van der Waals surface area contributed by atoms with Crippen molar-refractivity contribution < 1.29 is 12.3 Å². The van der Waals surface area contributed by atoms with Gasteiger partial charge in [-0.2, -0.15) is 0 Å². The van der Waals surface area contributed by atoms with E-state index in [1.165, 1.54) is 5.56 Å². The fourth-order valence-electron chi connectivity index (χ4n) is 4.59. The molecule has 29 heavy (non-hydrogen) atoms. The third-order valence-electron chi connectivity index (χ3n) is 6.32. The Morgan fingerprint density at radius 1 is 0.793 bits per heavy atom. The average molecular weight is 452 g/mol. The first-order chi connectivity index (χ1) is 17.5. The third kappa shape index (κ3) is 2.86. The summed E-state index contributed by atoms with van der Waals surface area (Å²) in [6, 6.07) is 0.155. The van der Waals surface area contributed by atoms with Gasteiger partial charge in [-0.1, -0.05) is 88.2 Å². The number of benzene rings is 4. The van der Waals surface area contributed by atoms with E-state index in [1.54, 1.807) is 0 Å². The van der Waals surface area contributed by atoms with E-state index in [-0.39, 0.29) is 56.1 Å². The molecule has 0 aliphatic heterocycles. The van der Waals surface area contributed by atoms with Crippen molar-refractivity contribution in [1.29, 1.82) is 0 Å². The van der Waals surface area contributed by atoms with E-state index in [2.05, 4.69) is 43.6 Å². The molecule has 0 bridgehead atoms. The van der Waals surface area contributed by atoms with Crippen molar-refractivity contribution in [3.8, 4) is 11.1 Å². The molecule has 0 N–H and O–H groups in total. The predicted octanol–water partition coefficient (Wildman–Crippen LogP) is 8.77. The molecule has 1 aliphatic rings. The second kappa shape index (κ2) is 6.44. The normalized spacial score (nSPS) is 21.8. The Hall–Kier alpha value is -2.12. The topological polar surface area (TPSA) is 0 Å². The van der Waals surface area contributed by atoms with Crippen LogP contribution < -0.4 is 0 Å². The summed E-state index contributed by atoms with van der Waals surface area (Å²) in [5.41, 5.74) is 2.79. The zero-order valence-corrected chi connectivity index (χ0v) is 18.5. The Bertz CT molecular complexity index is 1640. The lowest BCUT2D eigenvalue weighted by atomic mass is 9.63. The van der Waals surface area contributed by atoms with E-state index >= 15 is 0 Å². The van der Waals surface area contributed by atoms with Crippen LogP contribution in [0, 0.1) is 0 Å². The van der Waals surface area contributed by atoms with E-state index < -0.39 is 36.3 Å². The van der Waals surface area contributed by atoms with Crippen LogP contribution in [0.25, 0.3) is 32.7 Å². The summed E-state index contributed by atoms with van der Waals surface area (Å²) in [6.45, 7) is 8.72. The molecular weight excluding hydrogens is 416 g/mol. The second-order valence-corrected chi connectivity index (χ2v) is 9.91. The summed E-state index contributed by atoms with van der Waals surface area (Å²) in [5.74, 6) is 0. The number of halogens is 1. The minimum absolute atomic E-state index is 0.0623. The first kappa shape index (κ1) is 11.3. The third-order valence-corrected chi connectivity index (χ3v) is 7.14. The number of fused-ring (bicyclic) bond motifs is 3. The molecular formula is C28H27Br. The van der Waals surface area contributed by atoms with Gasteiger partial charge in [0.15, 0.2) is 0 Å². The SMILES string of the molecule is [2H]c1c([2H])c([2H])c2c(-c3ccc4c(c3Br)C(C)(C)CCC4(C)C)c3c([2H])c([2H])c([2H])c([2H])c3c([2H])c2c1[2H]. The highest BCUT2D eigenvalue weighted by Crippen LogP contribution is 2.51. The maximum Gasteiger partial charge on any atom is 0.0636 e. The monoisotopic (exact) mass is 451 g/mol. The predicted molar refractivity (Wildman–Crippen MR) is 130 cm³/mol. The molecule has 1 heteroatoms. The summed E-state index contributed by atoms with van der Waals surface area (Å²) in [4.78, 5) is 0. The van der Waals surface area contributed by atoms with Crippen LogP contribution in [0.2, 0.25) is 0 Å². The maximum atomic E-state index is 8.91. The van der Waals surface area contributed by atoms with Crippen molar-refractivity contribution in [3.63, 3.8) is 0 Å². The molecule has 0 spiro atoms. The molecule has 0 fully saturated rings. The van der Waals surface area contributed by atoms with Crippen molar-refractivity contribution in [3.05, 3.63) is 82.1 Å². The van der Waals surface area contributed by atoms with Gasteiger partial charge >= 0.3 is 0 Å². The van der Waals surface area contributed by atoms with E-state index in [0.29, 0.717) is 5.56 Å². The van der Waals surface area contributed by atoms with Crippen molar-refractivity contribution in [2.45, 2.75) is 51.4 Å². The summed E-state index contributed by atoms with van der Waals surface area (Å²) >= 11 is 3.84. The summed E-state index contributed by atoms with van der Waals surface area (Å²) in [6.07, 6.45) is 1.93. The van der Waals surface area contributed by atoms with Crippen LogP contribution in [0.1, 0.15) is 64.0 Å². The maximum absolute atomic E-state index is 8.91. The van der Waals surface area contributed by atoms with Gasteiger partial charge in [0.1, 0.15) is 0 Å². The molecule has 146 valence electrons. The molecule has 5 rings (SSSR count). The zero-order chi connectivity index (χ0) is 28.2. The van der Waals surface area contributed by atoms with Gasteiger partial charge in [0.05, 0.1) is 12.3 Å². The van der Waals surface area contributed by atoms with Gasteiger partial charge in [-0.05, 0) is 89.4 Å². The molecule has 0 saturated carbocycles. The van der Waals surface area contributed by atoms with E-state index in [4.69, 9.17) is 12.3 Å². The van der Waals surface area contributed by atoms with Crippen LogP contribution in [0.3, 0.4) is 0 Å². The number of hydrogen-bond acceptors (Lipinski definition) is 0. The van der Waals surface area contributed by atoms with E-state index in [1.807, 2.05) is 12.1 Å². The highest BCUT2D eigenvalue weighted by molar-refractivity contribution is 9.10. The van der Waals surface area contributed by atoms with Crippen LogP contribution >= 0.6 is 15.9 Å². The minimum Gasteiger partial charge on any atom is -0.0616 e. The van der Waals surface area contributed by atoms with Crippen LogP contribution in [0.4, 0.5) is 0 Å². The fourth-order valence-corrected chi connectivity index (χ4v) is 5.67. The van der Waals surface area contributed by atoms with Gasteiger partial charge in [0.2, 0.25) is 0 Å². The van der Waals surface area contributed by atoms with Crippen molar-refractivity contribution in [2.24, 2.45) is 0 Å². The van der Waals surface area contributed by atoms with Crippen LogP contribution in [-0.4, -0.2) is 0 Å². The van der Waals surface area contributed by atoms with Crippen LogP contribution in [-0.2, 0) is 10.8 Å². The molecule has 4 aromatic rings. The Morgan fingerprint density at radius 3 is 1.97 bits per heavy atom. The highest BCUT2D eigenvalue weighted by atomic mass is 79.9. The summed E-state index contributed by atoms with van der Waals surface area (Å²) in [7, 11) is 0. The standard InChI is InChI=1S/C28H27Br/c1-27(2)15-16-28(3,4)25-23(27)14-13-22(26(25)29)24-20-11-7-5-9-18(20)17-19-10-6-8-12-21(19)24/h5-14,17H,15-16H2,1-4H3/i5D,6D,7D,8D,9D,10D,11D,12D,17D. The van der Waals surface area contributed by atoms with Gasteiger partial charge in [-0.25, -0.2) is 0 Å². The molecule has 1 aliphatic carbocycles. The van der Waals surface area contributed by atoms with Gasteiger partial charge in [0, 0.05) is 4.47 Å². The summed E-state index contributed by atoms with van der Waals surface area (Å²) < 4.78 is 77.8. The minimum atomic E-state index is -0.491. The van der Waals surface area contributed by atoms with Crippen LogP contribution in [0.5, 0.6) is 0 Å². The smallest absolute Gasteiger partial charge is 0.0616 e. The first-order valence-electron chi connectivity index (χ1n) is 14.3. The lowest BCUT2D eigenvalue weighted by molar-refractivity contribution is 0.330. The number of hydrogen-bond donors (Lipinski definition) is 0. The number of rotatable bonds is 1. The van der Waals surface area contributed by atoms with Gasteiger partial charge in [0.25, 0.3) is 0 Å². The highest BCUT2D eigenvalue weighted by Gasteiger charge is 2.39. The van der Waals surface area contributed by atoms with Crippen LogP contribution in [0.15, 0.2) is 71.0 Å². The van der Waals surface area contributed by atoms with Crippen molar-refractivity contribution in [1.82, 2.24) is 0 Å². The quantitative estimate of drug-likeness (QED) is 0.253. The Kier molecular flexibility index (Phi) is 2.51. The molecule has 4 aromatic carbocycles. The fraction of sp³-hybridized carbons (Fsp3) is 0.286. The molecule has 0 nitrogen and oxygen atoms in total. The molecule has 0 aromatic heterocycles. The largest absolute Gasteiger partial charge is 0.0636 e. The summed E-state index contributed by atoms with van der Waals surface area (Å²) in [5, 5.41) is 0.0274. The van der Waals surface area contributed by atoms with Crippen molar-refractivity contribution >= 4 is 37.5 Å². The molecule has 0 atom stereocenters. The Labute approximate surface area is 194 Å². The van der Waals surface area contributed by atoms with Gasteiger partial charge < -0.3 is 0 Å². The second-order valence-electron chi connectivity index (χ2n) is 9.12. The Morgan fingerprint density at radius 2 is 1.34 bits per heavy atom. The molecule has 0 saturated heterocycles. The van der Waals surface area contributed by atoms with Gasteiger partial charge in [-0.3, -0.25) is 0 Å². The zero-order valence-electron chi connectivity index (χ0n) is 25.9. The average Bonchev–Trinajstić information content (AvgIpc) is 2.85. The lowest BCUT2D eigenvalue weighted by Crippen LogP contribution is -2.34. The molecule has 0 unspecified atom stereocenters. The molecule has 0 heterocycles. The van der Waals surface area contributed by atoms with E-state index in [0.717, 1.165) is 22.9 Å². The van der Waals surface area contributed by atoms with Crippen molar-refractivity contribution in [2.75, 3.05) is 0 Å². The molecule has 0 radical (unpaired) electrons. The molecule has 0 amide bonds. The Balaban J connectivity index is 2.14. The lowest BCUT2D eigenvalue weighted by Gasteiger charge is -2.43. The van der Waals surface area contributed by atoms with E-state index in [9.17, 15) is 0 Å².